The van der Waals surface area contributed by atoms with Crippen molar-refractivity contribution in [3.63, 3.8) is 0 Å². The van der Waals surface area contributed by atoms with Crippen LogP contribution in [-0.4, -0.2) is 53.9 Å². The molecule has 1 amide bonds. The highest BCUT2D eigenvalue weighted by molar-refractivity contribution is 5.94. The van der Waals surface area contributed by atoms with Crippen molar-refractivity contribution in [3.8, 4) is 0 Å². The highest BCUT2D eigenvalue weighted by Crippen LogP contribution is 2.30. The molecule has 0 unspecified atom stereocenters. The molecule has 2 aromatic rings. The van der Waals surface area contributed by atoms with Crippen molar-refractivity contribution in [2.75, 3.05) is 38.5 Å². The highest BCUT2D eigenvalue weighted by Gasteiger charge is 2.21. The van der Waals surface area contributed by atoms with Crippen molar-refractivity contribution < 1.29 is 4.79 Å². The molecular formula is C21H28N4O. The van der Waals surface area contributed by atoms with Gasteiger partial charge in [-0.3, -0.25) is 4.79 Å². The van der Waals surface area contributed by atoms with Crippen molar-refractivity contribution >= 4 is 17.4 Å². The Labute approximate surface area is 156 Å². The average Bonchev–Trinajstić information content (AvgIpc) is 2.62. The van der Waals surface area contributed by atoms with Gasteiger partial charge < -0.3 is 15.1 Å². The topological polar surface area (TPSA) is 48.5 Å². The van der Waals surface area contributed by atoms with Gasteiger partial charge in [-0.1, -0.05) is 39.0 Å². The zero-order valence-corrected chi connectivity index (χ0v) is 16.1. The number of para-hydroxylation sites is 1. The summed E-state index contributed by atoms with van der Waals surface area (Å²) < 4.78 is 0. The van der Waals surface area contributed by atoms with Gasteiger partial charge in [0, 0.05) is 38.1 Å². The van der Waals surface area contributed by atoms with Gasteiger partial charge in [0.25, 0.3) is 5.91 Å². The number of carbonyl (C=O) groups is 1. The fourth-order valence-electron chi connectivity index (χ4n) is 3.17. The number of hydrogen-bond donors (Lipinski definition) is 1. The maximum atomic E-state index is 12.6. The third kappa shape index (κ3) is 4.22. The van der Waals surface area contributed by atoms with E-state index in [0.29, 0.717) is 5.56 Å². The van der Waals surface area contributed by atoms with Gasteiger partial charge in [-0.05, 0) is 36.2 Å². The molecule has 1 N–H and O–H groups in total. The van der Waals surface area contributed by atoms with E-state index < -0.39 is 0 Å². The number of rotatable bonds is 3. The first-order valence-corrected chi connectivity index (χ1v) is 9.15. The van der Waals surface area contributed by atoms with Gasteiger partial charge in [0.1, 0.15) is 5.82 Å². The number of nitrogens with zero attached hydrogens (tertiary/aromatic N) is 3. The third-order valence-electron chi connectivity index (χ3n) is 4.80. The van der Waals surface area contributed by atoms with E-state index in [1.807, 2.05) is 23.1 Å². The molecule has 1 aliphatic rings. The monoisotopic (exact) mass is 352 g/mol. The first kappa shape index (κ1) is 18.4. The second-order valence-corrected chi connectivity index (χ2v) is 7.95. The molecule has 1 fully saturated rings. The fraction of sp³-hybridized carbons (Fsp3) is 0.429. The van der Waals surface area contributed by atoms with Crippen LogP contribution in [0, 0.1) is 0 Å². The van der Waals surface area contributed by atoms with E-state index in [1.54, 1.807) is 6.20 Å². The molecule has 0 radical (unpaired) electrons. The minimum atomic E-state index is 0.0426. The van der Waals surface area contributed by atoms with Crippen molar-refractivity contribution in [3.05, 3.63) is 53.7 Å². The van der Waals surface area contributed by atoms with Crippen LogP contribution in [0.4, 0.5) is 11.5 Å². The Balaban J connectivity index is 1.72. The second kappa shape index (κ2) is 7.46. The lowest BCUT2D eigenvalue weighted by Crippen LogP contribution is -2.47. The molecule has 1 aromatic heterocycles. The maximum absolute atomic E-state index is 12.6. The smallest absolute Gasteiger partial charge is 0.255 e. The normalized spacial score (nSPS) is 15.8. The number of carbonyl (C=O) groups excluding carboxylic acids is 1. The quantitative estimate of drug-likeness (QED) is 0.918. The van der Waals surface area contributed by atoms with Gasteiger partial charge in [0.2, 0.25) is 0 Å². The van der Waals surface area contributed by atoms with Crippen LogP contribution in [0.1, 0.15) is 36.7 Å². The van der Waals surface area contributed by atoms with Gasteiger partial charge in [-0.15, -0.1) is 0 Å². The largest absolute Gasteiger partial charge is 0.340 e. The molecule has 0 spiro atoms. The van der Waals surface area contributed by atoms with Crippen LogP contribution in [-0.2, 0) is 5.41 Å². The summed E-state index contributed by atoms with van der Waals surface area (Å²) in [7, 11) is 2.08. The standard InChI is InChI=1S/C21H28N4O/c1-21(2,3)17-7-5-6-8-18(17)23-19-10-9-16(15-22-19)20(26)25-13-11-24(4)12-14-25/h5-10,15H,11-14H2,1-4H3,(H,22,23). The number of piperazine rings is 1. The van der Waals surface area contributed by atoms with Crippen LogP contribution in [0.2, 0.25) is 0 Å². The molecular weight excluding hydrogens is 324 g/mol. The maximum Gasteiger partial charge on any atom is 0.255 e. The molecule has 0 bridgehead atoms. The number of amides is 1. The van der Waals surface area contributed by atoms with Crippen molar-refractivity contribution in [2.45, 2.75) is 26.2 Å². The Morgan fingerprint density at radius 2 is 1.73 bits per heavy atom. The number of likely N-dealkylation sites (N-methyl/N-ethyl adjacent to an activating group) is 1. The molecule has 26 heavy (non-hydrogen) atoms. The molecule has 0 atom stereocenters. The number of pyridine rings is 1. The molecule has 138 valence electrons. The van der Waals surface area contributed by atoms with Crippen LogP contribution >= 0.6 is 0 Å². The van der Waals surface area contributed by atoms with Crippen LogP contribution < -0.4 is 5.32 Å². The molecule has 2 heterocycles. The van der Waals surface area contributed by atoms with Gasteiger partial charge in [-0.25, -0.2) is 4.98 Å². The number of benzene rings is 1. The molecule has 1 aromatic carbocycles. The van der Waals surface area contributed by atoms with E-state index in [1.165, 1.54) is 5.56 Å². The summed E-state index contributed by atoms with van der Waals surface area (Å²) in [5.41, 5.74) is 2.97. The van der Waals surface area contributed by atoms with E-state index in [0.717, 1.165) is 37.7 Å². The zero-order valence-electron chi connectivity index (χ0n) is 16.1. The minimum absolute atomic E-state index is 0.0426. The van der Waals surface area contributed by atoms with Gasteiger partial charge in [-0.2, -0.15) is 0 Å². The van der Waals surface area contributed by atoms with E-state index in [2.05, 4.69) is 61.2 Å². The Hall–Kier alpha value is -2.40. The fourth-order valence-corrected chi connectivity index (χ4v) is 3.17. The lowest BCUT2D eigenvalue weighted by Gasteiger charge is -2.32. The minimum Gasteiger partial charge on any atom is -0.340 e. The lowest BCUT2D eigenvalue weighted by atomic mass is 9.86. The predicted octanol–water partition coefficient (Wildman–Crippen LogP) is 3.51. The van der Waals surface area contributed by atoms with E-state index in [-0.39, 0.29) is 11.3 Å². The van der Waals surface area contributed by atoms with Gasteiger partial charge in [0.05, 0.1) is 5.56 Å². The van der Waals surface area contributed by atoms with E-state index >= 15 is 0 Å². The number of aromatic nitrogens is 1. The Bertz CT molecular complexity index is 756. The summed E-state index contributed by atoms with van der Waals surface area (Å²) in [6.45, 7) is 9.96. The summed E-state index contributed by atoms with van der Waals surface area (Å²) in [6.07, 6.45) is 1.67. The SMILES string of the molecule is CN1CCN(C(=O)c2ccc(Nc3ccccc3C(C)(C)C)nc2)CC1. The van der Waals surface area contributed by atoms with Gasteiger partial charge in [0.15, 0.2) is 0 Å². The Morgan fingerprint density at radius 1 is 1.04 bits per heavy atom. The predicted molar refractivity (Wildman–Crippen MR) is 106 cm³/mol. The van der Waals surface area contributed by atoms with Crippen LogP contribution in [0.15, 0.2) is 42.6 Å². The Morgan fingerprint density at radius 3 is 2.35 bits per heavy atom. The first-order valence-electron chi connectivity index (χ1n) is 9.15. The first-order chi connectivity index (χ1) is 12.3. The van der Waals surface area contributed by atoms with E-state index in [9.17, 15) is 4.79 Å². The summed E-state index contributed by atoms with van der Waals surface area (Å²) in [5.74, 6) is 0.809. The third-order valence-corrected chi connectivity index (χ3v) is 4.80. The van der Waals surface area contributed by atoms with Crippen molar-refractivity contribution in [2.24, 2.45) is 0 Å². The van der Waals surface area contributed by atoms with Crippen molar-refractivity contribution in [1.29, 1.82) is 0 Å². The molecule has 1 saturated heterocycles. The molecule has 3 rings (SSSR count). The van der Waals surface area contributed by atoms with Crippen LogP contribution in [0.25, 0.3) is 0 Å². The summed E-state index contributed by atoms with van der Waals surface area (Å²) in [6, 6.07) is 12.0. The van der Waals surface area contributed by atoms with Crippen molar-refractivity contribution in [1.82, 2.24) is 14.8 Å². The zero-order chi connectivity index (χ0) is 18.7. The molecule has 0 aliphatic carbocycles. The number of nitrogens with one attached hydrogen (secondary N) is 1. The molecule has 5 nitrogen and oxygen atoms in total. The summed E-state index contributed by atoms with van der Waals surface area (Å²) in [5, 5.41) is 3.39. The van der Waals surface area contributed by atoms with Crippen LogP contribution in [0.5, 0.6) is 0 Å². The second-order valence-electron chi connectivity index (χ2n) is 7.95. The summed E-state index contributed by atoms with van der Waals surface area (Å²) in [4.78, 5) is 21.2. The lowest BCUT2D eigenvalue weighted by molar-refractivity contribution is 0.0663. The molecule has 1 aliphatic heterocycles. The van der Waals surface area contributed by atoms with Crippen LogP contribution in [0.3, 0.4) is 0 Å². The molecule has 0 saturated carbocycles. The summed E-state index contributed by atoms with van der Waals surface area (Å²) >= 11 is 0. The number of hydrogen-bond acceptors (Lipinski definition) is 4. The molecule has 5 heteroatoms. The number of anilines is 2. The van der Waals surface area contributed by atoms with Gasteiger partial charge >= 0.3 is 0 Å². The average molecular weight is 352 g/mol. The van der Waals surface area contributed by atoms with E-state index in [4.69, 9.17) is 0 Å². The Kier molecular flexibility index (Phi) is 5.28. The highest BCUT2D eigenvalue weighted by atomic mass is 16.2.